The number of fused-ring (bicyclic) bond motifs is 1. The zero-order valence-electron chi connectivity index (χ0n) is 12.4. The fourth-order valence-electron chi connectivity index (χ4n) is 2.36. The van der Waals surface area contributed by atoms with Crippen molar-refractivity contribution in [1.29, 1.82) is 0 Å². The minimum Gasteiger partial charge on any atom is -0.461 e. The molecule has 0 unspecified atom stereocenters. The molecule has 0 atom stereocenters. The third-order valence-corrected chi connectivity index (χ3v) is 3.53. The van der Waals surface area contributed by atoms with E-state index in [1.54, 1.807) is 0 Å². The highest BCUT2D eigenvalue weighted by atomic mass is 16.3. The highest BCUT2D eigenvalue weighted by molar-refractivity contribution is 5.78. The lowest BCUT2D eigenvalue weighted by molar-refractivity contribution is -0.121. The largest absolute Gasteiger partial charge is 0.461 e. The summed E-state index contributed by atoms with van der Waals surface area (Å²) in [6.45, 7) is 1.37. The number of hydrogen-bond donors (Lipinski definition) is 2. The molecule has 0 aliphatic rings. The molecule has 4 nitrogen and oxygen atoms in total. The van der Waals surface area contributed by atoms with Gasteiger partial charge in [0.05, 0.1) is 0 Å². The Kier molecular flexibility index (Phi) is 6.28. The lowest BCUT2D eigenvalue weighted by Crippen LogP contribution is -2.25. The molecule has 0 saturated carbocycles. The maximum atomic E-state index is 11.7. The maximum absolute atomic E-state index is 11.7. The van der Waals surface area contributed by atoms with Crippen molar-refractivity contribution in [3.8, 4) is 0 Å². The lowest BCUT2D eigenvalue weighted by atomic mass is 10.1. The molecular weight excluding hydrogens is 264 g/mol. The van der Waals surface area contributed by atoms with E-state index >= 15 is 0 Å². The second kappa shape index (κ2) is 8.47. The summed E-state index contributed by atoms with van der Waals surface area (Å²) in [4.78, 5) is 11.7. The third kappa shape index (κ3) is 5.23. The van der Waals surface area contributed by atoms with Crippen LogP contribution in [0.15, 0.2) is 34.7 Å². The Morgan fingerprint density at radius 1 is 1.14 bits per heavy atom. The summed E-state index contributed by atoms with van der Waals surface area (Å²) in [5.41, 5.74) is 6.33. The van der Waals surface area contributed by atoms with Crippen molar-refractivity contribution in [2.45, 2.75) is 38.5 Å². The van der Waals surface area contributed by atoms with Crippen molar-refractivity contribution >= 4 is 16.9 Å². The Balaban J connectivity index is 1.63. The smallest absolute Gasteiger partial charge is 0.220 e. The molecule has 0 radical (unpaired) electrons. The standard InChI is InChI=1S/C17H24N2O2/c18-11-6-2-1-3-9-17(20)19-12-10-15-13-14-7-4-5-8-16(14)21-15/h4-5,7-8,13H,1-3,6,9-12,18H2,(H,19,20). The van der Waals surface area contributed by atoms with E-state index < -0.39 is 0 Å². The van der Waals surface area contributed by atoms with Gasteiger partial charge in [0, 0.05) is 24.8 Å². The molecule has 1 aromatic heterocycles. The van der Waals surface area contributed by atoms with E-state index in [9.17, 15) is 4.79 Å². The van der Waals surface area contributed by atoms with E-state index in [1.165, 1.54) is 0 Å². The molecule has 2 aromatic rings. The predicted molar refractivity (Wildman–Crippen MR) is 85.1 cm³/mol. The van der Waals surface area contributed by atoms with Gasteiger partial charge in [-0.1, -0.05) is 31.0 Å². The highest BCUT2D eigenvalue weighted by Crippen LogP contribution is 2.18. The molecule has 1 heterocycles. The van der Waals surface area contributed by atoms with Crippen LogP contribution in [-0.4, -0.2) is 19.0 Å². The topological polar surface area (TPSA) is 68.3 Å². The van der Waals surface area contributed by atoms with Crippen molar-refractivity contribution < 1.29 is 9.21 Å². The van der Waals surface area contributed by atoms with Gasteiger partial charge in [0.15, 0.2) is 0 Å². The van der Waals surface area contributed by atoms with Crippen LogP contribution in [0.3, 0.4) is 0 Å². The SMILES string of the molecule is NCCCCCCC(=O)NCCc1cc2ccccc2o1. The van der Waals surface area contributed by atoms with Gasteiger partial charge >= 0.3 is 0 Å². The number of rotatable bonds is 9. The number of hydrogen-bond acceptors (Lipinski definition) is 3. The van der Waals surface area contributed by atoms with Crippen molar-refractivity contribution in [3.05, 3.63) is 36.1 Å². The Morgan fingerprint density at radius 2 is 1.95 bits per heavy atom. The minimum atomic E-state index is 0.124. The Morgan fingerprint density at radius 3 is 2.76 bits per heavy atom. The monoisotopic (exact) mass is 288 g/mol. The van der Waals surface area contributed by atoms with Gasteiger partial charge in [0.2, 0.25) is 5.91 Å². The summed E-state index contributed by atoms with van der Waals surface area (Å²) < 4.78 is 5.71. The van der Waals surface area contributed by atoms with E-state index in [0.29, 0.717) is 13.0 Å². The zero-order chi connectivity index (χ0) is 14.9. The van der Waals surface area contributed by atoms with Gasteiger partial charge in [-0.05, 0) is 31.5 Å². The molecule has 4 heteroatoms. The van der Waals surface area contributed by atoms with Crippen molar-refractivity contribution in [2.75, 3.05) is 13.1 Å². The second-order valence-corrected chi connectivity index (χ2v) is 5.30. The molecule has 0 spiro atoms. The number of nitrogens with two attached hydrogens (primary N) is 1. The summed E-state index contributed by atoms with van der Waals surface area (Å²) in [5.74, 6) is 1.04. The van der Waals surface area contributed by atoms with Crippen LogP contribution in [-0.2, 0) is 11.2 Å². The van der Waals surface area contributed by atoms with Crippen LogP contribution >= 0.6 is 0 Å². The first kappa shape index (κ1) is 15.6. The maximum Gasteiger partial charge on any atom is 0.220 e. The molecule has 0 aliphatic carbocycles. The molecule has 0 saturated heterocycles. The summed E-state index contributed by atoms with van der Waals surface area (Å²) in [6, 6.07) is 9.98. The van der Waals surface area contributed by atoms with Gasteiger partial charge in [-0.15, -0.1) is 0 Å². The highest BCUT2D eigenvalue weighted by Gasteiger charge is 2.04. The first-order valence-corrected chi connectivity index (χ1v) is 7.74. The molecule has 0 bridgehead atoms. The zero-order valence-corrected chi connectivity index (χ0v) is 12.4. The van der Waals surface area contributed by atoms with E-state index in [-0.39, 0.29) is 5.91 Å². The Hall–Kier alpha value is -1.81. The number of furan rings is 1. The van der Waals surface area contributed by atoms with E-state index in [4.69, 9.17) is 10.2 Å². The summed E-state index contributed by atoms with van der Waals surface area (Å²) in [7, 11) is 0. The normalized spacial score (nSPS) is 10.9. The molecule has 2 rings (SSSR count). The van der Waals surface area contributed by atoms with Gasteiger partial charge in [-0.3, -0.25) is 4.79 Å². The number of unbranched alkanes of at least 4 members (excludes halogenated alkanes) is 3. The van der Waals surface area contributed by atoms with E-state index in [2.05, 4.69) is 5.32 Å². The van der Waals surface area contributed by atoms with E-state index in [0.717, 1.165) is 55.4 Å². The number of benzene rings is 1. The van der Waals surface area contributed by atoms with Crippen LogP contribution in [0.1, 0.15) is 37.9 Å². The van der Waals surface area contributed by atoms with Gasteiger partial charge in [-0.25, -0.2) is 0 Å². The van der Waals surface area contributed by atoms with Crippen LogP contribution in [0.25, 0.3) is 11.0 Å². The lowest BCUT2D eigenvalue weighted by Gasteiger charge is -2.03. The second-order valence-electron chi connectivity index (χ2n) is 5.30. The molecule has 3 N–H and O–H groups in total. The van der Waals surface area contributed by atoms with Crippen LogP contribution in [0.2, 0.25) is 0 Å². The van der Waals surface area contributed by atoms with Crippen LogP contribution in [0.5, 0.6) is 0 Å². The molecule has 1 amide bonds. The Bertz CT molecular complexity index is 530. The van der Waals surface area contributed by atoms with Crippen molar-refractivity contribution in [3.63, 3.8) is 0 Å². The molecular formula is C17H24N2O2. The number of carbonyl (C=O) groups excluding carboxylic acids is 1. The van der Waals surface area contributed by atoms with Gasteiger partial charge < -0.3 is 15.5 Å². The molecule has 21 heavy (non-hydrogen) atoms. The first-order valence-electron chi connectivity index (χ1n) is 7.74. The molecule has 114 valence electrons. The summed E-state index contributed by atoms with van der Waals surface area (Å²) in [5, 5.41) is 4.05. The number of nitrogens with one attached hydrogen (secondary N) is 1. The first-order chi connectivity index (χ1) is 10.3. The average Bonchev–Trinajstić information content (AvgIpc) is 2.89. The van der Waals surface area contributed by atoms with Crippen molar-refractivity contribution in [1.82, 2.24) is 5.32 Å². The summed E-state index contributed by atoms with van der Waals surface area (Å²) in [6.07, 6.45) is 5.51. The van der Waals surface area contributed by atoms with Crippen LogP contribution in [0, 0.1) is 0 Å². The van der Waals surface area contributed by atoms with Crippen LogP contribution in [0.4, 0.5) is 0 Å². The number of amides is 1. The van der Waals surface area contributed by atoms with Crippen LogP contribution < -0.4 is 11.1 Å². The fourth-order valence-corrected chi connectivity index (χ4v) is 2.36. The predicted octanol–water partition coefficient (Wildman–Crippen LogP) is 3.00. The van der Waals surface area contributed by atoms with Gasteiger partial charge in [0.1, 0.15) is 11.3 Å². The minimum absolute atomic E-state index is 0.124. The summed E-state index contributed by atoms with van der Waals surface area (Å²) >= 11 is 0. The van der Waals surface area contributed by atoms with Gasteiger partial charge in [-0.2, -0.15) is 0 Å². The average molecular weight is 288 g/mol. The van der Waals surface area contributed by atoms with Crippen molar-refractivity contribution in [2.24, 2.45) is 5.73 Å². The fraction of sp³-hybridized carbons (Fsp3) is 0.471. The number of para-hydroxylation sites is 1. The number of carbonyl (C=O) groups is 1. The molecule has 0 fully saturated rings. The Labute approximate surface area is 125 Å². The molecule has 1 aromatic carbocycles. The molecule has 0 aliphatic heterocycles. The quantitative estimate of drug-likeness (QED) is 0.697. The van der Waals surface area contributed by atoms with Gasteiger partial charge in [0.25, 0.3) is 0 Å². The third-order valence-electron chi connectivity index (χ3n) is 3.53. The van der Waals surface area contributed by atoms with E-state index in [1.807, 2.05) is 30.3 Å².